The normalized spacial score (nSPS) is 17.6. The highest BCUT2D eigenvalue weighted by molar-refractivity contribution is 6.08. The molecule has 0 radical (unpaired) electrons. The number of hydrogen-bond acceptors (Lipinski definition) is 4. The summed E-state index contributed by atoms with van der Waals surface area (Å²) in [5.41, 5.74) is 5.17. The van der Waals surface area contributed by atoms with E-state index in [1.54, 1.807) is 0 Å². The van der Waals surface area contributed by atoms with E-state index in [4.69, 9.17) is 0 Å². The van der Waals surface area contributed by atoms with Crippen molar-refractivity contribution in [2.24, 2.45) is 0 Å². The highest BCUT2D eigenvalue weighted by Gasteiger charge is 2.52. The van der Waals surface area contributed by atoms with Crippen molar-refractivity contribution in [2.45, 2.75) is 50.6 Å². The van der Waals surface area contributed by atoms with Gasteiger partial charge in [0.15, 0.2) is 0 Å². The Kier molecular flexibility index (Phi) is 6.55. The van der Waals surface area contributed by atoms with E-state index < -0.39 is 11.6 Å². The monoisotopic (exact) mass is 434 g/mol. The second kappa shape index (κ2) is 9.53. The first kappa shape index (κ1) is 22.0. The molecule has 1 aliphatic carbocycles. The summed E-state index contributed by atoms with van der Waals surface area (Å²) in [5.74, 6) is -0.671. The number of amides is 4. The Bertz CT molecular complexity index is 968. The Hall–Kier alpha value is -3.19. The van der Waals surface area contributed by atoms with Gasteiger partial charge in [-0.2, -0.15) is 5.01 Å². The van der Waals surface area contributed by atoms with Gasteiger partial charge in [-0.25, -0.2) is 4.79 Å². The number of hydrogen-bond donors (Lipinski definition) is 2. The van der Waals surface area contributed by atoms with Crippen molar-refractivity contribution in [3.05, 3.63) is 60.2 Å². The molecule has 2 aromatic carbocycles. The first-order chi connectivity index (χ1) is 15.5. The van der Waals surface area contributed by atoms with Crippen molar-refractivity contribution in [2.75, 3.05) is 13.6 Å². The van der Waals surface area contributed by atoms with Gasteiger partial charge in [0, 0.05) is 19.5 Å². The third-order valence-electron chi connectivity index (χ3n) is 6.34. The zero-order valence-electron chi connectivity index (χ0n) is 18.5. The Labute approximate surface area is 188 Å². The Morgan fingerprint density at radius 1 is 1.00 bits per heavy atom. The molecule has 1 spiro atoms. The van der Waals surface area contributed by atoms with Crippen molar-refractivity contribution in [3.63, 3.8) is 0 Å². The zero-order valence-corrected chi connectivity index (χ0v) is 18.5. The minimum absolute atomic E-state index is 0.197. The summed E-state index contributed by atoms with van der Waals surface area (Å²) >= 11 is 0. The molecule has 0 unspecified atom stereocenters. The van der Waals surface area contributed by atoms with E-state index in [0.29, 0.717) is 25.9 Å². The summed E-state index contributed by atoms with van der Waals surface area (Å²) in [6.07, 6.45) is 4.35. The molecule has 4 rings (SSSR count). The van der Waals surface area contributed by atoms with Crippen LogP contribution < -0.4 is 10.7 Å². The molecule has 32 heavy (non-hydrogen) atoms. The average molecular weight is 435 g/mol. The Balaban J connectivity index is 1.25. The Morgan fingerprint density at radius 2 is 1.66 bits per heavy atom. The van der Waals surface area contributed by atoms with E-state index >= 15 is 0 Å². The van der Waals surface area contributed by atoms with Crippen LogP contribution in [0.2, 0.25) is 0 Å². The number of nitrogens with one attached hydrogen (secondary N) is 2. The second-order valence-corrected chi connectivity index (χ2v) is 8.80. The van der Waals surface area contributed by atoms with Crippen molar-refractivity contribution in [1.82, 2.24) is 20.7 Å². The molecule has 1 saturated heterocycles. The summed E-state index contributed by atoms with van der Waals surface area (Å²) in [7, 11) is 1.95. The lowest BCUT2D eigenvalue weighted by Crippen LogP contribution is -2.51. The second-order valence-electron chi connectivity index (χ2n) is 8.80. The van der Waals surface area contributed by atoms with Crippen LogP contribution in [0.25, 0.3) is 11.1 Å². The predicted molar refractivity (Wildman–Crippen MR) is 122 cm³/mol. The van der Waals surface area contributed by atoms with Crippen molar-refractivity contribution < 1.29 is 14.4 Å². The first-order valence-corrected chi connectivity index (χ1v) is 11.3. The lowest BCUT2D eigenvalue weighted by Gasteiger charge is -2.30. The highest BCUT2D eigenvalue weighted by Crippen LogP contribution is 2.33. The number of rotatable bonds is 7. The van der Waals surface area contributed by atoms with Crippen LogP contribution in [0.4, 0.5) is 4.79 Å². The van der Waals surface area contributed by atoms with Gasteiger partial charge in [-0.1, -0.05) is 73.9 Å². The summed E-state index contributed by atoms with van der Waals surface area (Å²) in [6, 6.07) is 18.1. The molecule has 2 aromatic rings. The number of urea groups is 1. The van der Waals surface area contributed by atoms with Crippen LogP contribution in [-0.2, 0) is 16.1 Å². The van der Waals surface area contributed by atoms with Gasteiger partial charge in [-0.05, 0) is 36.6 Å². The molecule has 2 N–H and O–H groups in total. The average Bonchev–Trinajstić information content (AvgIpc) is 3.03. The van der Waals surface area contributed by atoms with Crippen molar-refractivity contribution in [1.29, 1.82) is 0 Å². The van der Waals surface area contributed by atoms with Gasteiger partial charge < -0.3 is 10.2 Å². The van der Waals surface area contributed by atoms with E-state index in [1.165, 1.54) is 11.1 Å². The fourth-order valence-electron chi connectivity index (χ4n) is 4.51. The lowest BCUT2D eigenvalue weighted by molar-refractivity contribution is -0.140. The van der Waals surface area contributed by atoms with Crippen LogP contribution in [-0.4, -0.2) is 46.9 Å². The summed E-state index contributed by atoms with van der Waals surface area (Å²) in [4.78, 5) is 39.5. The molecule has 2 fully saturated rings. The van der Waals surface area contributed by atoms with Gasteiger partial charge in [-0.15, -0.1) is 0 Å². The number of benzene rings is 2. The maximum atomic E-state index is 12.8. The van der Waals surface area contributed by atoms with E-state index in [1.807, 2.05) is 30.1 Å². The van der Waals surface area contributed by atoms with Crippen LogP contribution >= 0.6 is 0 Å². The number of carbonyl (C=O) groups excluding carboxylic acids is 3. The molecule has 4 amide bonds. The molecule has 7 heteroatoms. The van der Waals surface area contributed by atoms with Crippen molar-refractivity contribution >= 4 is 17.8 Å². The van der Waals surface area contributed by atoms with Gasteiger partial charge in [0.1, 0.15) is 5.54 Å². The summed E-state index contributed by atoms with van der Waals surface area (Å²) in [5, 5.41) is 3.67. The van der Waals surface area contributed by atoms with Crippen LogP contribution in [0.3, 0.4) is 0 Å². The predicted octanol–water partition coefficient (Wildman–Crippen LogP) is 3.46. The van der Waals surface area contributed by atoms with E-state index in [2.05, 4.69) is 47.1 Å². The number of hydrazine groups is 1. The zero-order chi connectivity index (χ0) is 22.6. The molecule has 1 saturated carbocycles. The van der Waals surface area contributed by atoms with Gasteiger partial charge >= 0.3 is 6.03 Å². The molecular formula is C25H30N4O3. The fraction of sp³-hybridized carbons (Fsp3) is 0.400. The van der Waals surface area contributed by atoms with Crippen LogP contribution in [0, 0.1) is 0 Å². The van der Waals surface area contributed by atoms with Crippen LogP contribution in [0.1, 0.15) is 44.1 Å². The molecule has 2 aliphatic rings. The largest absolute Gasteiger partial charge is 0.344 e. The van der Waals surface area contributed by atoms with E-state index in [0.717, 1.165) is 29.8 Å². The first-order valence-electron chi connectivity index (χ1n) is 11.3. The maximum absolute atomic E-state index is 12.8. The van der Waals surface area contributed by atoms with E-state index in [9.17, 15) is 14.4 Å². The molecule has 0 bridgehead atoms. The third-order valence-corrected chi connectivity index (χ3v) is 6.34. The molecule has 1 heterocycles. The number of carbonyl (C=O) groups is 3. The molecule has 1 aliphatic heterocycles. The smallest absolute Gasteiger partial charge is 0.322 e. The summed E-state index contributed by atoms with van der Waals surface area (Å²) in [6.45, 7) is 1.22. The van der Waals surface area contributed by atoms with Gasteiger partial charge in [0.2, 0.25) is 5.91 Å². The van der Waals surface area contributed by atoms with Gasteiger partial charge in [0.25, 0.3) is 5.91 Å². The quantitative estimate of drug-likeness (QED) is 0.654. The van der Waals surface area contributed by atoms with Gasteiger partial charge in [0.05, 0.1) is 0 Å². The minimum Gasteiger partial charge on any atom is -0.322 e. The molecule has 168 valence electrons. The highest BCUT2D eigenvalue weighted by atomic mass is 16.2. The Morgan fingerprint density at radius 3 is 2.34 bits per heavy atom. The molecule has 0 atom stereocenters. The molecule has 0 aromatic heterocycles. The summed E-state index contributed by atoms with van der Waals surface area (Å²) < 4.78 is 0. The SMILES string of the molecule is CN(CCC(=O)NN1C(=O)NC2(CCCCC2)C1=O)Cc1ccc(-c2ccccc2)cc1. The minimum atomic E-state index is -0.828. The van der Waals surface area contributed by atoms with Crippen molar-refractivity contribution in [3.8, 4) is 11.1 Å². The van der Waals surface area contributed by atoms with Gasteiger partial charge in [-0.3, -0.25) is 15.0 Å². The maximum Gasteiger partial charge on any atom is 0.344 e. The van der Waals surface area contributed by atoms with Crippen LogP contribution in [0.5, 0.6) is 0 Å². The molecular weight excluding hydrogens is 404 g/mol. The number of nitrogens with zero attached hydrogens (tertiary/aromatic N) is 2. The lowest BCUT2D eigenvalue weighted by atomic mass is 9.82. The standard InChI is InChI=1S/C25H30N4O3/c1-28(18-19-10-12-21(13-11-19)20-8-4-2-5-9-20)17-14-22(30)27-29-23(31)25(26-24(29)32)15-6-3-7-16-25/h2,4-5,8-13H,3,6-7,14-18H2,1H3,(H,26,32)(H,27,30). The fourth-order valence-corrected chi connectivity index (χ4v) is 4.51. The van der Waals surface area contributed by atoms with E-state index in [-0.39, 0.29) is 18.2 Å². The topological polar surface area (TPSA) is 81.8 Å². The van der Waals surface area contributed by atoms with Crippen LogP contribution in [0.15, 0.2) is 54.6 Å². The number of imide groups is 1. The third kappa shape index (κ3) is 4.83. The molecule has 7 nitrogen and oxygen atoms in total.